The molecule has 4 heteroatoms. The lowest BCUT2D eigenvalue weighted by Gasteiger charge is -2.15. The molecule has 0 aliphatic carbocycles. The molecule has 1 N–H and O–H groups in total. The molecule has 0 heterocycles. The van der Waals surface area contributed by atoms with Crippen molar-refractivity contribution in [2.75, 3.05) is 13.7 Å². The van der Waals surface area contributed by atoms with Crippen molar-refractivity contribution in [3.05, 3.63) is 57.6 Å². The Hall–Kier alpha value is -1.52. The molecule has 0 bridgehead atoms. The number of rotatable bonds is 7. The molecule has 2 aromatic rings. The zero-order valence-electron chi connectivity index (χ0n) is 13.3. The average molecular weight is 364 g/mol. The number of hydrogen-bond donors (Lipinski definition) is 1. The number of aryl methyl sites for hydroxylation is 1. The summed E-state index contributed by atoms with van der Waals surface area (Å²) in [5.74, 6) is 1.56. The summed E-state index contributed by atoms with van der Waals surface area (Å²) < 4.78 is 12.1. The minimum atomic E-state index is 0.614. The second kappa shape index (κ2) is 8.20. The van der Waals surface area contributed by atoms with Gasteiger partial charge in [-0.1, -0.05) is 45.8 Å². The van der Waals surface area contributed by atoms with Gasteiger partial charge in [0.2, 0.25) is 0 Å². The molecule has 2 aromatic carbocycles. The van der Waals surface area contributed by atoms with Crippen LogP contribution in [-0.2, 0) is 13.1 Å². The maximum absolute atomic E-state index is 5.75. The van der Waals surface area contributed by atoms with Crippen LogP contribution in [0, 0.1) is 6.92 Å². The van der Waals surface area contributed by atoms with Gasteiger partial charge in [0.25, 0.3) is 0 Å². The molecule has 0 fully saturated rings. The molecular weight excluding hydrogens is 342 g/mol. The molecule has 0 unspecified atom stereocenters. The molecule has 2 rings (SSSR count). The quantitative estimate of drug-likeness (QED) is 0.787. The predicted molar refractivity (Wildman–Crippen MR) is 93.6 cm³/mol. The molecule has 0 aliphatic heterocycles. The summed E-state index contributed by atoms with van der Waals surface area (Å²) >= 11 is 3.52. The zero-order valence-corrected chi connectivity index (χ0v) is 14.9. The molecule has 0 saturated carbocycles. The lowest BCUT2D eigenvalue weighted by atomic mass is 10.1. The number of methoxy groups -OCH3 is 1. The summed E-state index contributed by atoms with van der Waals surface area (Å²) in [4.78, 5) is 0. The molecule has 0 amide bonds. The van der Waals surface area contributed by atoms with Crippen molar-refractivity contribution in [1.82, 2.24) is 5.32 Å². The molecule has 0 saturated heterocycles. The summed E-state index contributed by atoms with van der Waals surface area (Å²) in [5, 5.41) is 3.46. The fraction of sp³-hybridized carbons (Fsp3) is 0.333. The van der Waals surface area contributed by atoms with E-state index in [0.29, 0.717) is 6.61 Å². The smallest absolute Gasteiger partial charge is 0.165 e. The summed E-state index contributed by atoms with van der Waals surface area (Å²) in [6.45, 7) is 6.23. The van der Waals surface area contributed by atoms with Crippen molar-refractivity contribution in [2.45, 2.75) is 26.9 Å². The SMILES string of the molecule is CCOc1c(CNCc2ccc(C)cc2)cc(Br)cc1OC. The van der Waals surface area contributed by atoms with Crippen LogP contribution in [0.5, 0.6) is 11.5 Å². The molecule has 0 spiro atoms. The van der Waals surface area contributed by atoms with Crippen LogP contribution in [0.3, 0.4) is 0 Å². The second-order valence-corrected chi connectivity index (χ2v) is 6.03. The molecule has 0 aromatic heterocycles. The standard InChI is InChI=1S/C18H22BrNO2/c1-4-22-18-15(9-16(19)10-17(18)21-3)12-20-11-14-7-5-13(2)6-8-14/h5-10,20H,4,11-12H2,1-3H3. The lowest BCUT2D eigenvalue weighted by Crippen LogP contribution is -2.14. The Bertz CT molecular complexity index is 611. The number of ether oxygens (including phenoxy) is 2. The Morgan fingerprint density at radius 3 is 2.45 bits per heavy atom. The van der Waals surface area contributed by atoms with E-state index in [0.717, 1.165) is 34.6 Å². The van der Waals surface area contributed by atoms with Gasteiger partial charge in [0.1, 0.15) is 0 Å². The highest BCUT2D eigenvalue weighted by Crippen LogP contribution is 2.34. The van der Waals surface area contributed by atoms with Gasteiger partial charge in [0.05, 0.1) is 13.7 Å². The first kappa shape index (κ1) is 16.8. The van der Waals surface area contributed by atoms with Gasteiger partial charge in [-0.15, -0.1) is 0 Å². The third-order valence-corrected chi connectivity index (χ3v) is 3.83. The van der Waals surface area contributed by atoms with Crippen molar-refractivity contribution in [2.24, 2.45) is 0 Å². The third-order valence-electron chi connectivity index (χ3n) is 3.37. The van der Waals surface area contributed by atoms with E-state index < -0.39 is 0 Å². The van der Waals surface area contributed by atoms with Gasteiger partial charge in [-0.3, -0.25) is 0 Å². The van der Waals surface area contributed by atoms with Crippen LogP contribution in [0.25, 0.3) is 0 Å². The monoisotopic (exact) mass is 363 g/mol. The number of hydrogen-bond acceptors (Lipinski definition) is 3. The highest BCUT2D eigenvalue weighted by molar-refractivity contribution is 9.10. The van der Waals surface area contributed by atoms with Crippen LogP contribution in [0.2, 0.25) is 0 Å². The number of nitrogens with one attached hydrogen (secondary N) is 1. The van der Waals surface area contributed by atoms with E-state index in [-0.39, 0.29) is 0 Å². The van der Waals surface area contributed by atoms with Crippen LogP contribution >= 0.6 is 15.9 Å². The zero-order chi connectivity index (χ0) is 15.9. The lowest BCUT2D eigenvalue weighted by molar-refractivity contribution is 0.306. The van der Waals surface area contributed by atoms with Crippen LogP contribution in [0.4, 0.5) is 0 Å². The largest absolute Gasteiger partial charge is 0.493 e. The minimum Gasteiger partial charge on any atom is -0.493 e. The van der Waals surface area contributed by atoms with E-state index in [1.54, 1.807) is 7.11 Å². The molecule has 22 heavy (non-hydrogen) atoms. The molecule has 0 radical (unpaired) electrons. The summed E-state index contributed by atoms with van der Waals surface area (Å²) in [7, 11) is 1.66. The van der Waals surface area contributed by atoms with Crippen LogP contribution in [0.1, 0.15) is 23.6 Å². The van der Waals surface area contributed by atoms with Gasteiger partial charge in [-0.2, -0.15) is 0 Å². The van der Waals surface area contributed by atoms with Crippen molar-refractivity contribution < 1.29 is 9.47 Å². The highest BCUT2D eigenvalue weighted by atomic mass is 79.9. The average Bonchev–Trinajstić information content (AvgIpc) is 2.51. The van der Waals surface area contributed by atoms with Gasteiger partial charge >= 0.3 is 0 Å². The van der Waals surface area contributed by atoms with E-state index in [4.69, 9.17) is 9.47 Å². The number of benzene rings is 2. The van der Waals surface area contributed by atoms with Crippen molar-refractivity contribution in [1.29, 1.82) is 0 Å². The molecule has 0 aliphatic rings. The fourth-order valence-corrected chi connectivity index (χ4v) is 2.75. The van der Waals surface area contributed by atoms with Gasteiger partial charge in [0.15, 0.2) is 11.5 Å². The Labute approximate surface area is 140 Å². The third kappa shape index (κ3) is 4.49. The van der Waals surface area contributed by atoms with Crippen LogP contribution in [0.15, 0.2) is 40.9 Å². The van der Waals surface area contributed by atoms with Crippen molar-refractivity contribution in [3.63, 3.8) is 0 Å². The first-order valence-electron chi connectivity index (χ1n) is 7.39. The summed E-state index contributed by atoms with van der Waals surface area (Å²) in [6, 6.07) is 12.5. The molecule has 3 nitrogen and oxygen atoms in total. The van der Waals surface area contributed by atoms with Crippen LogP contribution < -0.4 is 14.8 Å². The Morgan fingerprint density at radius 2 is 1.82 bits per heavy atom. The number of halogens is 1. The normalized spacial score (nSPS) is 10.5. The van der Waals surface area contributed by atoms with Gasteiger partial charge in [0, 0.05) is 23.1 Å². The van der Waals surface area contributed by atoms with Crippen LogP contribution in [-0.4, -0.2) is 13.7 Å². The highest BCUT2D eigenvalue weighted by Gasteiger charge is 2.12. The van der Waals surface area contributed by atoms with Gasteiger partial charge < -0.3 is 14.8 Å². The second-order valence-electron chi connectivity index (χ2n) is 5.12. The van der Waals surface area contributed by atoms with Gasteiger partial charge in [-0.25, -0.2) is 0 Å². The van der Waals surface area contributed by atoms with E-state index >= 15 is 0 Å². The first-order chi connectivity index (χ1) is 10.6. The van der Waals surface area contributed by atoms with E-state index in [2.05, 4.69) is 58.5 Å². The maximum atomic E-state index is 5.75. The fourth-order valence-electron chi connectivity index (χ4n) is 2.26. The first-order valence-corrected chi connectivity index (χ1v) is 8.18. The van der Waals surface area contributed by atoms with Gasteiger partial charge in [-0.05, 0) is 31.5 Å². The predicted octanol–water partition coefficient (Wildman–Crippen LogP) is 4.45. The topological polar surface area (TPSA) is 30.5 Å². The maximum Gasteiger partial charge on any atom is 0.165 e. The Kier molecular flexibility index (Phi) is 6.28. The molecule has 0 atom stereocenters. The molecule has 118 valence electrons. The van der Waals surface area contributed by atoms with E-state index in [1.165, 1.54) is 11.1 Å². The van der Waals surface area contributed by atoms with E-state index in [1.807, 2.05) is 13.0 Å². The Balaban J connectivity index is 2.07. The van der Waals surface area contributed by atoms with Crippen molar-refractivity contribution in [3.8, 4) is 11.5 Å². The van der Waals surface area contributed by atoms with E-state index in [9.17, 15) is 0 Å². The van der Waals surface area contributed by atoms with Crippen molar-refractivity contribution >= 4 is 15.9 Å². The summed E-state index contributed by atoms with van der Waals surface area (Å²) in [5.41, 5.74) is 3.63. The molecular formula is C18H22BrNO2. The summed E-state index contributed by atoms with van der Waals surface area (Å²) in [6.07, 6.45) is 0. The minimum absolute atomic E-state index is 0.614. The Morgan fingerprint density at radius 1 is 1.09 bits per heavy atom.